The predicted molar refractivity (Wildman–Crippen MR) is 83.2 cm³/mol. The molecule has 2 nitrogen and oxygen atoms in total. The van der Waals surface area contributed by atoms with Gasteiger partial charge in [-0.25, -0.2) is 4.39 Å². The monoisotopic (exact) mass is 282 g/mol. The van der Waals surface area contributed by atoms with Crippen molar-refractivity contribution in [2.24, 2.45) is 0 Å². The lowest BCUT2D eigenvalue weighted by atomic mass is 9.82. The van der Waals surface area contributed by atoms with E-state index in [1.165, 1.54) is 28.4 Å². The molecule has 0 aliphatic carbocycles. The Bertz CT molecular complexity index is 696. The molecule has 1 N–H and O–H groups in total. The first-order valence-corrected chi connectivity index (χ1v) is 7.55. The second-order valence-electron chi connectivity index (χ2n) is 6.14. The molecule has 0 aromatic heterocycles. The van der Waals surface area contributed by atoms with E-state index in [2.05, 4.69) is 29.4 Å². The Morgan fingerprint density at radius 2 is 2.10 bits per heavy atom. The van der Waals surface area contributed by atoms with Crippen molar-refractivity contribution >= 4 is 5.69 Å². The van der Waals surface area contributed by atoms with Gasteiger partial charge in [0.2, 0.25) is 0 Å². The summed E-state index contributed by atoms with van der Waals surface area (Å²) >= 11 is 0. The zero-order valence-electron chi connectivity index (χ0n) is 12.2. The second kappa shape index (κ2) is 4.85. The highest BCUT2D eigenvalue weighted by atomic mass is 19.1. The third-order valence-electron chi connectivity index (χ3n) is 4.71. The van der Waals surface area contributed by atoms with E-state index in [4.69, 9.17) is 0 Å². The van der Waals surface area contributed by atoms with Gasteiger partial charge in [0.25, 0.3) is 0 Å². The number of likely N-dealkylation sites (N-methyl/N-ethyl adjacent to an activating group) is 1. The summed E-state index contributed by atoms with van der Waals surface area (Å²) in [7, 11) is 2.15. The zero-order valence-corrected chi connectivity index (χ0v) is 12.2. The molecule has 1 atom stereocenters. The summed E-state index contributed by atoms with van der Waals surface area (Å²) in [6, 6.07) is 11.5. The Balaban J connectivity index is 1.85. The lowest BCUT2D eigenvalue weighted by Gasteiger charge is -2.34. The third-order valence-corrected chi connectivity index (χ3v) is 4.71. The summed E-state index contributed by atoms with van der Waals surface area (Å²) in [5.74, 6) is 0.116. The molecule has 0 saturated heterocycles. The van der Waals surface area contributed by atoms with E-state index in [9.17, 15) is 4.39 Å². The number of benzene rings is 2. The van der Waals surface area contributed by atoms with Gasteiger partial charge in [0.15, 0.2) is 0 Å². The molecule has 0 bridgehead atoms. The first-order valence-electron chi connectivity index (χ1n) is 7.55. The number of anilines is 1. The standard InChI is InChI=1S/C18H19FN2/c1-21-10-16(12-3-2-4-13(19)9-12)14-5-6-18-15(7-8-20-18)17(14)11-21/h2-6,9,16,20H,7-8,10-11H2,1H3. The van der Waals surface area contributed by atoms with Crippen molar-refractivity contribution in [3.8, 4) is 0 Å². The van der Waals surface area contributed by atoms with Gasteiger partial charge in [-0.3, -0.25) is 0 Å². The molecule has 0 spiro atoms. The topological polar surface area (TPSA) is 15.3 Å². The molecule has 108 valence electrons. The van der Waals surface area contributed by atoms with Crippen molar-refractivity contribution in [2.45, 2.75) is 18.9 Å². The molecule has 1 unspecified atom stereocenters. The number of nitrogens with zero attached hydrogens (tertiary/aromatic N) is 1. The molecule has 4 rings (SSSR count). The van der Waals surface area contributed by atoms with E-state index in [1.54, 1.807) is 6.07 Å². The van der Waals surface area contributed by atoms with E-state index < -0.39 is 0 Å². The third kappa shape index (κ3) is 2.12. The fraction of sp³-hybridized carbons (Fsp3) is 0.333. The van der Waals surface area contributed by atoms with E-state index in [-0.39, 0.29) is 11.7 Å². The minimum absolute atomic E-state index is 0.148. The van der Waals surface area contributed by atoms with Crippen molar-refractivity contribution in [3.05, 3.63) is 64.5 Å². The van der Waals surface area contributed by atoms with E-state index >= 15 is 0 Å². The maximum atomic E-state index is 13.6. The number of hydrogen-bond donors (Lipinski definition) is 1. The molecule has 2 aromatic rings. The molecular formula is C18H19FN2. The largest absolute Gasteiger partial charge is 0.384 e. The molecule has 2 aromatic carbocycles. The van der Waals surface area contributed by atoms with Crippen LogP contribution in [0.25, 0.3) is 0 Å². The van der Waals surface area contributed by atoms with E-state index in [1.807, 2.05) is 12.1 Å². The van der Waals surface area contributed by atoms with Crippen molar-refractivity contribution < 1.29 is 4.39 Å². The summed E-state index contributed by atoms with van der Waals surface area (Å²) < 4.78 is 13.6. The van der Waals surface area contributed by atoms with Crippen molar-refractivity contribution in [2.75, 3.05) is 25.5 Å². The van der Waals surface area contributed by atoms with Crippen LogP contribution in [0.3, 0.4) is 0 Å². The molecule has 0 fully saturated rings. The van der Waals surface area contributed by atoms with Gasteiger partial charge in [0.05, 0.1) is 0 Å². The van der Waals surface area contributed by atoms with Crippen LogP contribution in [-0.4, -0.2) is 25.0 Å². The first kappa shape index (κ1) is 12.8. The highest BCUT2D eigenvalue weighted by molar-refractivity contribution is 5.62. The molecule has 3 heteroatoms. The molecular weight excluding hydrogens is 263 g/mol. The molecule has 0 radical (unpaired) electrons. The summed E-state index contributed by atoms with van der Waals surface area (Å²) in [6.45, 7) is 2.97. The lowest BCUT2D eigenvalue weighted by Crippen LogP contribution is -2.31. The van der Waals surface area contributed by atoms with Gasteiger partial charge in [0, 0.05) is 31.2 Å². The molecule has 21 heavy (non-hydrogen) atoms. The fourth-order valence-electron chi connectivity index (χ4n) is 3.75. The van der Waals surface area contributed by atoms with Crippen LogP contribution in [-0.2, 0) is 13.0 Å². The fourth-order valence-corrected chi connectivity index (χ4v) is 3.75. The summed E-state index contributed by atoms with van der Waals surface area (Å²) in [4.78, 5) is 2.34. The van der Waals surface area contributed by atoms with Crippen LogP contribution in [0.5, 0.6) is 0 Å². The van der Waals surface area contributed by atoms with Crippen LogP contribution in [0, 0.1) is 5.82 Å². The Morgan fingerprint density at radius 3 is 2.95 bits per heavy atom. The molecule has 0 saturated carbocycles. The number of rotatable bonds is 1. The van der Waals surface area contributed by atoms with Gasteiger partial charge in [-0.05, 0) is 53.9 Å². The van der Waals surface area contributed by atoms with Crippen LogP contribution in [0.1, 0.15) is 28.2 Å². The average molecular weight is 282 g/mol. The number of fused-ring (bicyclic) bond motifs is 3. The van der Waals surface area contributed by atoms with Gasteiger partial charge < -0.3 is 10.2 Å². The Morgan fingerprint density at radius 1 is 1.19 bits per heavy atom. The van der Waals surface area contributed by atoms with Gasteiger partial charge in [0.1, 0.15) is 5.82 Å². The summed E-state index contributed by atoms with van der Waals surface area (Å²) in [5, 5.41) is 3.45. The number of hydrogen-bond acceptors (Lipinski definition) is 2. The summed E-state index contributed by atoms with van der Waals surface area (Å²) in [5.41, 5.74) is 6.64. The van der Waals surface area contributed by atoms with Crippen molar-refractivity contribution in [3.63, 3.8) is 0 Å². The maximum absolute atomic E-state index is 13.6. The maximum Gasteiger partial charge on any atom is 0.123 e. The highest BCUT2D eigenvalue weighted by Crippen LogP contribution is 2.38. The summed E-state index contributed by atoms with van der Waals surface area (Å²) in [6.07, 6.45) is 1.10. The first-order chi connectivity index (χ1) is 10.2. The lowest BCUT2D eigenvalue weighted by molar-refractivity contribution is 0.294. The Hall–Kier alpha value is -1.87. The molecule has 0 amide bonds. The van der Waals surface area contributed by atoms with Gasteiger partial charge in [-0.2, -0.15) is 0 Å². The van der Waals surface area contributed by atoms with Crippen LogP contribution in [0.15, 0.2) is 36.4 Å². The molecule has 2 aliphatic heterocycles. The average Bonchev–Trinajstić information content (AvgIpc) is 2.95. The molecule has 2 aliphatic rings. The smallest absolute Gasteiger partial charge is 0.123 e. The molecule has 2 heterocycles. The van der Waals surface area contributed by atoms with Crippen LogP contribution >= 0.6 is 0 Å². The second-order valence-corrected chi connectivity index (χ2v) is 6.14. The highest BCUT2D eigenvalue weighted by Gasteiger charge is 2.28. The number of nitrogens with one attached hydrogen (secondary N) is 1. The number of halogens is 1. The van der Waals surface area contributed by atoms with Crippen LogP contribution in [0.4, 0.5) is 10.1 Å². The van der Waals surface area contributed by atoms with Crippen LogP contribution in [0.2, 0.25) is 0 Å². The quantitative estimate of drug-likeness (QED) is 0.862. The van der Waals surface area contributed by atoms with Crippen molar-refractivity contribution in [1.29, 1.82) is 0 Å². The van der Waals surface area contributed by atoms with E-state index in [0.29, 0.717) is 0 Å². The minimum Gasteiger partial charge on any atom is -0.384 e. The van der Waals surface area contributed by atoms with Crippen LogP contribution < -0.4 is 5.32 Å². The van der Waals surface area contributed by atoms with E-state index in [0.717, 1.165) is 31.6 Å². The Kier molecular flexibility index (Phi) is 2.96. The SMILES string of the molecule is CN1Cc2c(ccc3c2CCN3)C(c2cccc(F)c2)C1. The van der Waals surface area contributed by atoms with Crippen molar-refractivity contribution in [1.82, 2.24) is 4.90 Å². The zero-order chi connectivity index (χ0) is 14.4. The van der Waals surface area contributed by atoms with Gasteiger partial charge in [-0.15, -0.1) is 0 Å². The minimum atomic E-state index is -0.148. The normalized spacial score (nSPS) is 20.8. The Labute approximate surface area is 124 Å². The van der Waals surface area contributed by atoms with Gasteiger partial charge in [-0.1, -0.05) is 18.2 Å². The van der Waals surface area contributed by atoms with Gasteiger partial charge >= 0.3 is 0 Å². The predicted octanol–water partition coefficient (Wildman–Crippen LogP) is 3.37.